The van der Waals surface area contributed by atoms with Crippen LogP contribution in [0.2, 0.25) is 0 Å². The lowest BCUT2D eigenvalue weighted by Crippen LogP contribution is -1.99. The van der Waals surface area contributed by atoms with E-state index in [9.17, 15) is 4.79 Å². The second-order valence-electron chi connectivity index (χ2n) is 3.01. The van der Waals surface area contributed by atoms with Crippen LogP contribution in [0.1, 0.15) is 24.2 Å². The summed E-state index contributed by atoms with van der Waals surface area (Å²) in [6.45, 7) is 3.89. The predicted octanol–water partition coefficient (Wildman–Crippen LogP) is 3.60. The Hall–Kier alpha value is -0.640. The highest BCUT2D eigenvalue weighted by Crippen LogP contribution is 2.18. The summed E-state index contributed by atoms with van der Waals surface area (Å²) in [5.74, 6) is 0.112. The topological polar surface area (TPSA) is 17.1 Å². The molecule has 1 aromatic carbocycles. The molecule has 0 aromatic heterocycles. The Morgan fingerprint density at radius 1 is 1.15 bits per heavy atom. The number of carbonyl (C=O) groups excluding carboxylic acids is 1. The van der Waals surface area contributed by atoms with Crippen LogP contribution in [0.4, 0.5) is 0 Å². The van der Waals surface area contributed by atoms with Crippen LogP contribution in [-0.4, -0.2) is 5.78 Å². The van der Waals surface area contributed by atoms with Crippen molar-refractivity contribution in [2.75, 3.05) is 0 Å². The lowest BCUT2D eigenvalue weighted by atomic mass is 10.1. The molecule has 0 radical (unpaired) electrons. The van der Waals surface area contributed by atoms with E-state index in [1.807, 2.05) is 44.2 Å². The van der Waals surface area contributed by atoms with Gasteiger partial charge in [0.15, 0.2) is 5.78 Å². The van der Waals surface area contributed by atoms with E-state index >= 15 is 0 Å². The van der Waals surface area contributed by atoms with E-state index in [1.54, 1.807) is 0 Å². The highest BCUT2D eigenvalue weighted by molar-refractivity contribution is 14.1. The van der Waals surface area contributed by atoms with Gasteiger partial charge in [0, 0.05) is 5.56 Å². The monoisotopic (exact) mass is 286 g/mol. The summed E-state index contributed by atoms with van der Waals surface area (Å²) in [4.78, 5) is 11.7. The molecule has 0 bridgehead atoms. The summed E-state index contributed by atoms with van der Waals surface area (Å²) < 4.78 is 0.809. The molecule has 0 atom stereocenters. The van der Waals surface area contributed by atoms with Crippen molar-refractivity contribution >= 4 is 28.4 Å². The fourth-order valence-corrected chi connectivity index (χ4v) is 1.25. The molecular formula is C11H11IO. The summed E-state index contributed by atoms with van der Waals surface area (Å²) in [6.07, 6.45) is 0. The third-order valence-electron chi connectivity index (χ3n) is 1.67. The molecule has 0 spiro atoms. The number of carbonyl (C=O) groups is 1. The zero-order chi connectivity index (χ0) is 9.84. The minimum absolute atomic E-state index is 0.112. The predicted molar refractivity (Wildman–Crippen MR) is 63.2 cm³/mol. The highest BCUT2D eigenvalue weighted by atomic mass is 127. The molecule has 0 aliphatic rings. The molecule has 0 saturated heterocycles. The van der Waals surface area contributed by atoms with Gasteiger partial charge < -0.3 is 0 Å². The number of halogens is 1. The molecule has 1 rings (SSSR count). The molecule has 68 valence electrons. The van der Waals surface area contributed by atoms with E-state index in [1.165, 1.54) is 0 Å². The molecule has 0 aliphatic carbocycles. The number of ketones is 1. The van der Waals surface area contributed by atoms with Crippen LogP contribution in [0.5, 0.6) is 0 Å². The third-order valence-corrected chi connectivity index (χ3v) is 3.24. The molecule has 2 heteroatoms. The lowest BCUT2D eigenvalue weighted by molar-refractivity contribution is 0.104. The van der Waals surface area contributed by atoms with Crippen molar-refractivity contribution < 1.29 is 4.79 Å². The average Bonchev–Trinajstić information content (AvgIpc) is 2.17. The molecule has 0 amide bonds. The maximum Gasteiger partial charge on any atom is 0.199 e. The quantitative estimate of drug-likeness (QED) is 0.461. The van der Waals surface area contributed by atoms with E-state index in [0.717, 1.165) is 14.7 Å². The van der Waals surface area contributed by atoms with Gasteiger partial charge >= 0.3 is 0 Å². The Kier molecular flexibility index (Phi) is 3.66. The van der Waals surface area contributed by atoms with Crippen molar-refractivity contribution in [2.45, 2.75) is 13.8 Å². The van der Waals surface area contributed by atoms with E-state index < -0.39 is 0 Å². The molecule has 0 unspecified atom stereocenters. The van der Waals surface area contributed by atoms with Crippen LogP contribution < -0.4 is 0 Å². The van der Waals surface area contributed by atoms with Crippen molar-refractivity contribution in [1.82, 2.24) is 0 Å². The van der Waals surface area contributed by atoms with E-state index in [-0.39, 0.29) is 5.78 Å². The Morgan fingerprint density at radius 3 is 2.15 bits per heavy atom. The van der Waals surface area contributed by atoms with Crippen LogP contribution in [0.15, 0.2) is 39.5 Å². The van der Waals surface area contributed by atoms with Gasteiger partial charge in [-0.1, -0.05) is 35.9 Å². The molecule has 0 heterocycles. The number of rotatable bonds is 2. The fourth-order valence-electron chi connectivity index (χ4n) is 0.943. The fraction of sp³-hybridized carbons (Fsp3) is 0.182. The van der Waals surface area contributed by atoms with Gasteiger partial charge in [0.25, 0.3) is 0 Å². The molecule has 1 nitrogen and oxygen atoms in total. The summed E-state index contributed by atoms with van der Waals surface area (Å²) in [7, 11) is 0. The largest absolute Gasteiger partial charge is 0.288 e. The van der Waals surface area contributed by atoms with Gasteiger partial charge in [0.05, 0.1) is 3.58 Å². The van der Waals surface area contributed by atoms with Crippen LogP contribution in [-0.2, 0) is 0 Å². The Morgan fingerprint density at radius 2 is 1.69 bits per heavy atom. The molecular weight excluding hydrogens is 275 g/mol. The summed E-state index contributed by atoms with van der Waals surface area (Å²) >= 11 is 2.09. The van der Waals surface area contributed by atoms with Crippen molar-refractivity contribution in [3.8, 4) is 0 Å². The van der Waals surface area contributed by atoms with Crippen LogP contribution in [0.3, 0.4) is 0 Å². The first-order valence-corrected chi connectivity index (χ1v) is 5.13. The van der Waals surface area contributed by atoms with Gasteiger partial charge in [-0.3, -0.25) is 4.79 Å². The summed E-state index contributed by atoms with van der Waals surface area (Å²) in [5, 5.41) is 0. The zero-order valence-electron chi connectivity index (χ0n) is 7.67. The maximum atomic E-state index is 11.7. The third kappa shape index (κ3) is 2.66. The maximum absolute atomic E-state index is 11.7. The smallest absolute Gasteiger partial charge is 0.199 e. The first kappa shape index (κ1) is 10.4. The first-order valence-electron chi connectivity index (χ1n) is 4.05. The van der Waals surface area contributed by atoms with Crippen LogP contribution in [0.25, 0.3) is 0 Å². The van der Waals surface area contributed by atoms with E-state index in [4.69, 9.17) is 0 Å². The summed E-state index contributed by atoms with van der Waals surface area (Å²) in [5.41, 5.74) is 1.82. The zero-order valence-corrected chi connectivity index (χ0v) is 9.83. The molecule has 0 fully saturated rings. The molecule has 1 aromatic rings. The van der Waals surface area contributed by atoms with Gasteiger partial charge in [-0.05, 0) is 36.4 Å². The lowest BCUT2D eigenvalue weighted by Gasteiger charge is -2.00. The standard InChI is InChI=1S/C11H11IO/c1-8(2)10(12)11(13)9-6-4-3-5-7-9/h3-7H,1-2H3. The molecule has 13 heavy (non-hydrogen) atoms. The van der Waals surface area contributed by atoms with E-state index in [2.05, 4.69) is 22.6 Å². The van der Waals surface area contributed by atoms with Gasteiger partial charge in [-0.2, -0.15) is 0 Å². The van der Waals surface area contributed by atoms with Crippen LogP contribution in [0, 0.1) is 0 Å². The van der Waals surface area contributed by atoms with Crippen LogP contribution >= 0.6 is 22.6 Å². The van der Waals surface area contributed by atoms with Crippen molar-refractivity contribution in [1.29, 1.82) is 0 Å². The number of hydrogen-bond donors (Lipinski definition) is 0. The minimum Gasteiger partial charge on any atom is -0.288 e. The Balaban J connectivity index is 3.00. The Bertz CT molecular complexity index is 334. The SMILES string of the molecule is CC(C)=C(I)C(=O)c1ccccc1. The van der Waals surface area contributed by atoms with Gasteiger partial charge in [-0.25, -0.2) is 0 Å². The number of allylic oxidation sites excluding steroid dienone is 2. The number of Topliss-reactive ketones (excluding diaryl/α,β-unsaturated/α-hetero) is 1. The molecule has 0 saturated carbocycles. The summed E-state index contributed by atoms with van der Waals surface area (Å²) in [6, 6.07) is 9.34. The van der Waals surface area contributed by atoms with Gasteiger partial charge in [0.2, 0.25) is 0 Å². The second kappa shape index (κ2) is 4.56. The molecule has 0 aliphatic heterocycles. The van der Waals surface area contributed by atoms with E-state index in [0.29, 0.717) is 0 Å². The van der Waals surface area contributed by atoms with Gasteiger partial charge in [-0.15, -0.1) is 0 Å². The average molecular weight is 286 g/mol. The highest BCUT2D eigenvalue weighted by Gasteiger charge is 2.09. The van der Waals surface area contributed by atoms with Crippen molar-refractivity contribution in [3.63, 3.8) is 0 Å². The number of hydrogen-bond acceptors (Lipinski definition) is 1. The Labute approximate surface area is 92.0 Å². The molecule has 0 N–H and O–H groups in total. The second-order valence-corrected chi connectivity index (χ2v) is 4.09. The minimum atomic E-state index is 0.112. The van der Waals surface area contributed by atoms with Gasteiger partial charge in [0.1, 0.15) is 0 Å². The van der Waals surface area contributed by atoms with Crippen molar-refractivity contribution in [2.24, 2.45) is 0 Å². The number of benzene rings is 1. The van der Waals surface area contributed by atoms with Crippen molar-refractivity contribution in [3.05, 3.63) is 45.0 Å². The first-order chi connectivity index (χ1) is 6.13. The normalized spacial score (nSPS) is 9.46.